The first kappa shape index (κ1) is 22.2. The van der Waals surface area contributed by atoms with Gasteiger partial charge in [-0.25, -0.2) is 4.99 Å². The Morgan fingerprint density at radius 2 is 1.75 bits per heavy atom. The summed E-state index contributed by atoms with van der Waals surface area (Å²) in [6.07, 6.45) is 1.89. The molecule has 0 atom stereocenters. The van der Waals surface area contributed by atoms with E-state index >= 15 is 0 Å². The van der Waals surface area contributed by atoms with Crippen molar-refractivity contribution in [2.45, 2.75) is 20.5 Å². The number of benzene rings is 3. The predicted octanol–water partition coefficient (Wildman–Crippen LogP) is 6.85. The van der Waals surface area contributed by atoms with Crippen molar-refractivity contribution >= 4 is 46.2 Å². The van der Waals surface area contributed by atoms with Crippen molar-refractivity contribution in [2.24, 2.45) is 4.99 Å². The van der Waals surface area contributed by atoms with Gasteiger partial charge < -0.3 is 4.74 Å². The van der Waals surface area contributed by atoms with E-state index in [1.165, 1.54) is 17.3 Å². The molecule has 3 aromatic rings. The lowest BCUT2D eigenvalue weighted by Gasteiger charge is -2.12. The number of amides is 1. The number of ether oxygens (including phenoxy) is 1. The zero-order chi connectivity index (χ0) is 22.5. The second kappa shape index (κ2) is 10.1. The maximum Gasteiger partial charge on any atom is 0.266 e. The highest BCUT2D eigenvalue weighted by Crippen LogP contribution is 2.34. The van der Waals surface area contributed by atoms with E-state index in [1.54, 1.807) is 4.90 Å². The molecule has 1 fully saturated rings. The monoisotopic (exact) mass is 462 g/mol. The Hall–Kier alpha value is -3.02. The summed E-state index contributed by atoms with van der Waals surface area (Å²) in [4.78, 5) is 19.9. The summed E-state index contributed by atoms with van der Waals surface area (Å²) in [5.74, 6) is 0.719. The summed E-state index contributed by atoms with van der Waals surface area (Å²) in [5, 5.41) is 1.39. The molecule has 0 radical (unpaired) electrons. The largest absolute Gasteiger partial charge is 0.489 e. The molecule has 32 heavy (non-hydrogen) atoms. The molecule has 0 aliphatic carbocycles. The zero-order valence-electron chi connectivity index (χ0n) is 17.9. The van der Waals surface area contributed by atoms with Crippen LogP contribution in [0.5, 0.6) is 5.75 Å². The van der Waals surface area contributed by atoms with Crippen molar-refractivity contribution < 1.29 is 9.53 Å². The molecule has 3 aromatic carbocycles. The topological polar surface area (TPSA) is 41.9 Å². The number of aryl methyl sites for hydroxylation is 1. The minimum atomic E-state index is -0.0255. The van der Waals surface area contributed by atoms with E-state index in [9.17, 15) is 4.79 Å². The molecule has 0 saturated carbocycles. The number of thioether (sulfide) groups is 1. The summed E-state index contributed by atoms with van der Waals surface area (Å²) < 4.78 is 5.84. The fraction of sp³-hybridized carbons (Fsp3) is 0.154. The number of amidine groups is 1. The second-order valence-electron chi connectivity index (χ2n) is 7.34. The number of likely N-dealkylation sites (N-methyl/N-ethyl adjacent to an activating group) is 1. The summed E-state index contributed by atoms with van der Waals surface area (Å²) in [6.45, 7) is 4.97. The maximum atomic E-state index is 12.9. The van der Waals surface area contributed by atoms with E-state index in [4.69, 9.17) is 16.3 Å². The molecular weight excluding hydrogens is 440 g/mol. The Morgan fingerprint density at radius 3 is 2.44 bits per heavy atom. The first-order valence-corrected chi connectivity index (χ1v) is 11.6. The SMILES string of the molecule is CCN1C(=O)/C(=C\c2ccc(OCc3ccccc3Cl)cc2)SC1=Nc1ccc(C)cc1. The molecule has 1 saturated heterocycles. The number of rotatable bonds is 6. The number of carbonyl (C=O) groups is 1. The lowest BCUT2D eigenvalue weighted by Crippen LogP contribution is -2.28. The van der Waals surface area contributed by atoms with Crippen molar-refractivity contribution in [1.82, 2.24) is 4.90 Å². The average molecular weight is 463 g/mol. The molecule has 0 aromatic heterocycles. The molecule has 162 valence electrons. The van der Waals surface area contributed by atoms with E-state index in [0.717, 1.165) is 22.6 Å². The van der Waals surface area contributed by atoms with Crippen molar-refractivity contribution in [3.63, 3.8) is 0 Å². The van der Waals surface area contributed by atoms with Crippen LogP contribution in [0.25, 0.3) is 6.08 Å². The molecule has 0 bridgehead atoms. The number of nitrogens with zero attached hydrogens (tertiary/aromatic N) is 2. The van der Waals surface area contributed by atoms with Crippen LogP contribution in [-0.4, -0.2) is 22.5 Å². The van der Waals surface area contributed by atoms with Gasteiger partial charge in [0.15, 0.2) is 5.17 Å². The Labute approximate surface area is 197 Å². The Bertz CT molecular complexity index is 1170. The van der Waals surface area contributed by atoms with Gasteiger partial charge in [-0.05, 0) is 67.6 Å². The molecule has 0 spiro atoms. The standard InChI is InChI=1S/C26H23ClN2O2S/c1-3-29-25(30)24(32-26(29)28-21-12-8-18(2)9-13-21)16-19-10-14-22(15-11-19)31-17-20-6-4-5-7-23(20)27/h4-16H,3,17H2,1-2H3/b24-16+,28-26?. The quantitative estimate of drug-likeness (QED) is 0.376. The maximum absolute atomic E-state index is 12.9. The van der Waals surface area contributed by atoms with Crippen LogP contribution >= 0.6 is 23.4 Å². The molecule has 4 rings (SSSR count). The molecule has 1 aliphatic heterocycles. The van der Waals surface area contributed by atoms with E-state index in [-0.39, 0.29) is 5.91 Å². The van der Waals surface area contributed by atoms with Crippen LogP contribution in [-0.2, 0) is 11.4 Å². The predicted molar refractivity (Wildman–Crippen MR) is 133 cm³/mol. The fourth-order valence-corrected chi connectivity index (χ4v) is 4.44. The van der Waals surface area contributed by atoms with E-state index < -0.39 is 0 Å². The van der Waals surface area contributed by atoms with Gasteiger partial charge in [0.2, 0.25) is 0 Å². The van der Waals surface area contributed by atoms with Crippen LogP contribution in [0.4, 0.5) is 5.69 Å². The van der Waals surface area contributed by atoms with Gasteiger partial charge in [-0.1, -0.05) is 59.6 Å². The van der Waals surface area contributed by atoms with Gasteiger partial charge in [-0.3, -0.25) is 9.69 Å². The summed E-state index contributed by atoms with van der Waals surface area (Å²) in [5.41, 5.74) is 3.88. The molecule has 1 amide bonds. The molecule has 1 aliphatic rings. The van der Waals surface area contributed by atoms with Crippen molar-refractivity contribution in [3.8, 4) is 5.75 Å². The van der Waals surface area contributed by atoms with Crippen molar-refractivity contribution in [3.05, 3.63) is 99.4 Å². The first-order valence-electron chi connectivity index (χ1n) is 10.4. The van der Waals surface area contributed by atoms with Gasteiger partial charge in [0.05, 0.1) is 10.6 Å². The molecule has 0 unspecified atom stereocenters. The normalized spacial score (nSPS) is 16.2. The van der Waals surface area contributed by atoms with Crippen LogP contribution in [0.2, 0.25) is 5.02 Å². The number of halogens is 1. The summed E-state index contributed by atoms with van der Waals surface area (Å²) in [6, 6.07) is 23.3. The highest BCUT2D eigenvalue weighted by atomic mass is 35.5. The van der Waals surface area contributed by atoms with E-state index in [2.05, 4.69) is 4.99 Å². The van der Waals surface area contributed by atoms with Gasteiger partial charge in [0, 0.05) is 17.1 Å². The number of hydrogen-bond acceptors (Lipinski definition) is 4. The first-order chi connectivity index (χ1) is 15.5. The van der Waals surface area contributed by atoms with Crippen LogP contribution in [0.15, 0.2) is 82.7 Å². The van der Waals surface area contributed by atoms with Crippen LogP contribution in [0.1, 0.15) is 23.6 Å². The number of aliphatic imine (C=N–C) groups is 1. The lowest BCUT2D eigenvalue weighted by molar-refractivity contribution is -0.122. The highest BCUT2D eigenvalue weighted by Gasteiger charge is 2.32. The Morgan fingerprint density at radius 1 is 1.03 bits per heavy atom. The number of hydrogen-bond donors (Lipinski definition) is 0. The van der Waals surface area contributed by atoms with Gasteiger partial charge >= 0.3 is 0 Å². The molecule has 0 N–H and O–H groups in total. The summed E-state index contributed by atoms with van der Waals surface area (Å²) in [7, 11) is 0. The third kappa shape index (κ3) is 5.23. The second-order valence-corrected chi connectivity index (χ2v) is 8.76. The van der Waals surface area contributed by atoms with Crippen LogP contribution in [0.3, 0.4) is 0 Å². The lowest BCUT2D eigenvalue weighted by atomic mass is 10.2. The third-order valence-electron chi connectivity index (χ3n) is 4.99. The van der Waals surface area contributed by atoms with Crippen molar-refractivity contribution in [2.75, 3.05) is 6.54 Å². The minimum absolute atomic E-state index is 0.0255. The third-order valence-corrected chi connectivity index (χ3v) is 6.37. The molecule has 4 nitrogen and oxygen atoms in total. The molecule has 6 heteroatoms. The van der Waals surface area contributed by atoms with Gasteiger partial charge in [0.25, 0.3) is 5.91 Å². The van der Waals surface area contributed by atoms with Crippen LogP contribution < -0.4 is 4.74 Å². The van der Waals surface area contributed by atoms with Gasteiger partial charge in [0.1, 0.15) is 12.4 Å². The molecule has 1 heterocycles. The van der Waals surface area contributed by atoms with Gasteiger partial charge in [-0.2, -0.15) is 0 Å². The molecular formula is C26H23ClN2O2S. The average Bonchev–Trinajstić information content (AvgIpc) is 3.09. The van der Waals surface area contributed by atoms with Crippen LogP contribution in [0, 0.1) is 6.92 Å². The fourth-order valence-electron chi connectivity index (χ4n) is 3.19. The van der Waals surface area contributed by atoms with Gasteiger partial charge in [-0.15, -0.1) is 0 Å². The van der Waals surface area contributed by atoms with Crippen molar-refractivity contribution in [1.29, 1.82) is 0 Å². The minimum Gasteiger partial charge on any atom is -0.489 e. The van der Waals surface area contributed by atoms with E-state index in [1.807, 2.05) is 92.7 Å². The summed E-state index contributed by atoms with van der Waals surface area (Å²) >= 11 is 7.58. The number of carbonyl (C=O) groups excluding carboxylic acids is 1. The van der Waals surface area contributed by atoms with E-state index in [0.29, 0.717) is 28.2 Å². The highest BCUT2D eigenvalue weighted by molar-refractivity contribution is 8.18. The smallest absolute Gasteiger partial charge is 0.266 e. The Balaban J connectivity index is 1.47. The zero-order valence-corrected chi connectivity index (χ0v) is 19.5. The Kier molecular flexibility index (Phi) is 6.98.